The predicted octanol–water partition coefficient (Wildman–Crippen LogP) is 0.425. The number of halogens is 1. The van der Waals surface area contributed by atoms with Gasteiger partial charge in [-0.3, -0.25) is 0 Å². The van der Waals surface area contributed by atoms with Gasteiger partial charge in [-0.1, -0.05) is 12.2 Å². The van der Waals surface area contributed by atoms with Gasteiger partial charge in [-0.2, -0.15) is 0 Å². The number of aliphatic hydroxyl groups is 1. The third kappa shape index (κ3) is 5.22. The first-order chi connectivity index (χ1) is 12.5. The molecule has 7 N–H and O–H groups in total. The van der Waals surface area contributed by atoms with Crippen LogP contribution in [0.3, 0.4) is 0 Å². The molecule has 0 bridgehead atoms. The molecule has 1 fully saturated rings. The molecule has 1 saturated heterocycles. The molecule has 2 heterocycles. The Balaban J connectivity index is 2.08. The first-order valence-corrected chi connectivity index (χ1v) is 10.00. The molecule has 2 rings (SSSR count). The predicted molar refractivity (Wildman–Crippen MR) is 98.9 cm³/mol. The number of aromatic nitrogens is 2. The number of nitrogens with one attached hydrogen (secondary N) is 2. The lowest BCUT2D eigenvalue weighted by atomic mass is 10.1. The molecule has 5 atom stereocenters. The van der Waals surface area contributed by atoms with Crippen LogP contribution in [0.5, 0.6) is 0 Å². The van der Waals surface area contributed by atoms with Crippen molar-refractivity contribution < 1.29 is 23.3 Å². The van der Waals surface area contributed by atoms with E-state index in [1.165, 1.54) is 6.33 Å². The number of hydrogen-bond acceptors (Lipinski definition) is 10. The van der Waals surface area contributed by atoms with Gasteiger partial charge >= 0.3 is 7.23 Å². The largest absolute Gasteiger partial charge is 0.582 e. The SMILES string of the molecule is NC/C=C/CNc1ncnc(N[C@@H]2OC(CO)[C@@H](O[P+](=O)S)[C@H]2F)c1N. The topological polar surface area (TPSA) is 158 Å². The standard InChI is InChI=1S/C13H20FN6O4PS/c14-8-10(24-25(22)26)7(5-21)23-13(8)20-12-9(16)11(18-6-19-12)17-4-2-1-3-15/h1-2,6-8,10,13,21H,3-5,15-16H2,(H2-,17,18,19,20,22,26)/p+1/b2-1+/t7?,8-,10-,13-/m1/s1. The quantitative estimate of drug-likeness (QED) is 0.193. The van der Waals surface area contributed by atoms with Crippen LogP contribution in [0.25, 0.3) is 0 Å². The van der Waals surface area contributed by atoms with Crippen molar-refractivity contribution >= 4 is 36.8 Å². The van der Waals surface area contributed by atoms with Gasteiger partial charge in [-0.25, -0.2) is 14.4 Å². The second kappa shape index (κ2) is 9.95. The number of hydrogen-bond donors (Lipinski definition) is 6. The Kier molecular flexibility index (Phi) is 7.94. The number of thiol groups is 1. The molecule has 13 heteroatoms. The molecule has 1 aromatic rings. The fraction of sp³-hybridized carbons (Fsp3) is 0.538. The van der Waals surface area contributed by atoms with Gasteiger partial charge in [0, 0.05) is 13.1 Å². The molecular weight excluding hydrogens is 386 g/mol. The van der Waals surface area contributed by atoms with Crippen molar-refractivity contribution in [3.8, 4) is 0 Å². The molecule has 0 saturated carbocycles. The van der Waals surface area contributed by atoms with Crippen LogP contribution in [0.4, 0.5) is 21.7 Å². The number of nitrogen functional groups attached to an aromatic ring is 1. The molecule has 1 aromatic heterocycles. The van der Waals surface area contributed by atoms with E-state index in [4.69, 9.17) is 20.7 Å². The van der Waals surface area contributed by atoms with Crippen molar-refractivity contribution in [2.24, 2.45) is 5.73 Å². The van der Waals surface area contributed by atoms with Gasteiger partial charge in [0.15, 0.2) is 30.1 Å². The van der Waals surface area contributed by atoms with Crippen molar-refractivity contribution in [1.29, 1.82) is 0 Å². The van der Waals surface area contributed by atoms with Crippen LogP contribution in [0, 0.1) is 0 Å². The van der Waals surface area contributed by atoms with Crippen molar-refractivity contribution in [3.05, 3.63) is 18.5 Å². The average Bonchev–Trinajstić information content (AvgIpc) is 2.90. The van der Waals surface area contributed by atoms with E-state index in [9.17, 15) is 14.1 Å². The summed E-state index contributed by atoms with van der Waals surface area (Å²) in [7, 11) is -2.36. The Labute approximate surface area is 155 Å². The molecule has 0 amide bonds. The molecular formula is C13H21FN6O4PS+. The zero-order valence-corrected chi connectivity index (χ0v) is 15.4. The molecule has 26 heavy (non-hydrogen) atoms. The Hall–Kier alpha value is -1.56. The second-order valence-electron chi connectivity index (χ2n) is 5.25. The fourth-order valence-electron chi connectivity index (χ4n) is 2.33. The maximum absolute atomic E-state index is 14.5. The molecule has 1 aliphatic rings. The summed E-state index contributed by atoms with van der Waals surface area (Å²) >= 11 is 3.60. The van der Waals surface area contributed by atoms with Gasteiger partial charge < -0.3 is 31.9 Å². The van der Waals surface area contributed by atoms with E-state index in [1.807, 2.05) is 0 Å². The summed E-state index contributed by atoms with van der Waals surface area (Å²) in [6.07, 6.45) is -0.350. The minimum Gasteiger partial charge on any atom is -0.394 e. The summed E-state index contributed by atoms with van der Waals surface area (Å²) in [5.41, 5.74) is 11.5. The Morgan fingerprint density at radius 3 is 2.85 bits per heavy atom. The summed E-state index contributed by atoms with van der Waals surface area (Å²) in [6.45, 7) is 0.346. The van der Waals surface area contributed by atoms with Gasteiger partial charge in [-0.15, -0.1) is 4.52 Å². The fourth-order valence-corrected chi connectivity index (χ4v) is 3.12. The molecule has 2 unspecified atom stereocenters. The highest BCUT2D eigenvalue weighted by molar-refractivity contribution is 8.39. The van der Waals surface area contributed by atoms with Crippen LogP contribution in [-0.2, 0) is 13.8 Å². The molecule has 0 spiro atoms. The highest BCUT2D eigenvalue weighted by Gasteiger charge is 2.50. The van der Waals surface area contributed by atoms with Gasteiger partial charge in [0.05, 0.1) is 6.61 Å². The maximum Gasteiger partial charge on any atom is 0.582 e. The maximum atomic E-state index is 14.5. The monoisotopic (exact) mass is 407 g/mol. The number of alkyl halides is 1. The lowest BCUT2D eigenvalue weighted by molar-refractivity contribution is -0.00632. The summed E-state index contributed by atoms with van der Waals surface area (Å²) in [5, 5.41) is 15.0. The van der Waals surface area contributed by atoms with Gasteiger partial charge in [0.25, 0.3) is 0 Å². The number of ether oxygens (including phenoxy) is 1. The summed E-state index contributed by atoms with van der Waals surface area (Å²) in [6, 6.07) is 0. The Morgan fingerprint density at radius 1 is 1.46 bits per heavy atom. The van der Waals surface area contributed by atoms with Crippen molar-refractivity contribution in [2.75, 3.05) is 36.1 Å². The van der Waals surface area contributed by atoms with E-state index < -0.39 is 38.4 Å². The van der Waals surface area contributed by atoms with Crippen LogP contribution < -0.4 is 22.1 Å². The molecule has 1 aliphatic heterocycles. The normalized spacial score (nSPS) is 26.2. The summed E-state index contributed by atoms with van der Waals surface area (Å²) in [5.74, 6) is 0.494. The molecule has 144 valence electrons. The molecule has 10 nitrogen and oxygen atoms in total. The number of anilines is 3. The highest BCUT2D eigenvalue weighted by Crippen LogP contribution is 2.37. The van der Waals surface area contributed by atoms with Crippen LogP contribution >= 0.6 is 19.5 Å². The minimum atomic E-state index is -2.36. The van der Waals surface area contributed by atoms with Gasteiger partial charge in [-0.05, 0) is 4.57 Å². The van der Waals surface area contributed by atoms with Crippen molar-refractivity contribution in [2.45, 2.75) is 24.6 Å². The smallest absolute Gasteiger partial charge is 0.394 e. The van der Waals surface area contributed by atoms with Crippen molar-refractivity contribution in [1.82, 2.24) is 9.97 Å². The van der Waals surface area contributed by atoms with E-state index in [0.717, 1.165) is 0 Å². The van der Waals surface area contributed by atoms with E-state index in [-0.39, 0.29) is 11.5 Å². The van der Waals surface area contributed by atoms with Gasteiger partial charge in [0.1, 0.15) is 30.4 Å². The third-order valence-electron chi connectivity index (χ3n) is 3.54. The zero-order valence-electron chi connectivity index (χ0n) is 13.7. The minimum absolute atomic E-state index is 0.144. The average molecular weight is 407 g/mol. The number of nitrogens with zero attached hydrogens (tertiary/aromatic N) is 2. The first-order valence-electron chi connectivity index (χ1n) is 7.67. The molecule has 0 aromatic carbocycles. The van der Waals surface area contributed by atoms with Crippen LogP contribution in [-0.4, -0.2) is 59.4 Å². The Bertz CT molecular complexity index is 657. The van der Waals surface area contributed by atoms with Crippen LogP contribution in [0.1, 0.15) is 0 Å². The molecule has 0 aliphatic carbocycles. The summed E-state index contributed by atoms with van der Waals surface area (Å²) < 4.78 is 35.9. The summed E-state index contributed by atoms with van der Waals surface area (Å²) in [4.78, 5) is 7.99. The third-order valence-corrected chi connectivity index (χ3v) is 4.24. The van der Waals surface area contributed by atoms with Crippen LogP contribution in [0.2, 0.25) is 0 Å². The van der Waals surface area contributed by atoms with E-state index >= 15 is 0 Å². The number of aliphatic hydroxyl groups excluding tert-OH is 1. The van der Waals surface area contributed by atoms with Crippen molar-refractivity contribution in [3.63, 3.8) is 0 Å². The first kappa shape index (κ1) is 20.7. The number of rotatable bonds is 9. The lowest BCUT2D eigenvalue weighted by Gasteiger charge is -2.17. The highest BCUT2D eigenvalue weighted by atomic mass is 32.7. The second-order valence-corrected chi connectivity index (χ2v) is 6.91. The van der Waals surface area contributed by atoms with Crippen LogP contribution in [0.15, 0.2) is 18.5 Å². The Morgan fingerprint density at radius 2 is 2.19 bits per heavy atom. The van der Waals surface area contributed by atoms with Gasteiger partial charge in [0.2, 0.25) is 0 Å². The number of nitrogens with two attached hydrogens (primary N) is 2. The van der Waals surface area contributed by atoms with E-state index in [0.29, 0.717) is 18.9 Å². The van der Waals surface area contributed by atoms with E-state index in [2.05, 4.69) is 32.9 Å². The molecule has 0 radical (unpaired) electrons. The zero-order chi connectivity index (χ0) is 19.1. The van der Waals surface area contributed by atoms with E-state index in [1.54, 1.807) is 12.2 Å². The lowest BCUT2D eigenvalue weighted by Crippen LogP contribution is -2.34.